The third-order valence-electron chi connectivity index (χ3n) is 7.88. The number of nitrogens with two attached hydrogens (primary N) is 2. The fourth-order valence-electron chi connectivity index (χ4n) is 4.77. The molecule has 0 aliphatic rings. The van der Waals surface area contributed by atoms with Crippen molar-refractivity contribution in [1.29, 1.82) is 0 Å². The van der Waals surface area contributed by atoms with Crippen molar-refractivity contribution in [1.82, 2.24) is 0 Å². The van der Waals surface area contributed by atoms with E-state index in [-0.39, 0.29) is 76.6 Å². The van der Waals surface area contributed by atoms with Crippen LogP contribution in [0.25, 0.3) is 11.1 Å². The summed E-state index contributed by atoms with van der Waals surface area (Å²) in [4.78, 5) is 22.9. The van der Waals surface area contributed by atoms with Gasteiger partial charge in [0.25, 0.3) is 0 Å². The standard InChI is InChI=1S/C18H18F3NO2.C15H18F6NO6P.C7H7BF3.K/c1-12-2-6-14(7-3-12)15-8-4-13(5-9-15)10-16(22)17(23)24-11-18(19,20)21;1-2-26-29(24,27-9-15(19,20)21)28-11-5-3-10(4-6-11)7-12(22)13(23)25-8-14(16,17)18;1-6-2-4-7(5-3-6)8(9,10)11;/h2-9,16H,10-11,22H2,1H3;3-6,12H,2,7-9,22H2,1H3;2-5H,1H3;/q;;-1;+1. The van der Waals surface area contributed by atoms with E-state index >= 15 is 0 Å². The number of hydrogen-bond donors (Lipinski definition) is 2. The number of phosphoric acid groups is 1. The Morgan fingerprint density at radius 1 is 0.585 bits per heavy atom. The molecule has 0 aromatic heterocycles. The predicted octanol–water partition coefficient (Wildman–Crippen LogP) is 6.45. The van der Waals surface area contributed by atoms with E-state index in [1.54, 1.807) is 19.1 Å². The fraction of sp³-hybridized carbons (Fsp3) is 0.350. The number of carbonyl (C=O) groups is 2. The fourth-order valence-corrected chi connectivity index (χ4v) is 5.95. The molecular formula is C40H43BF12KN2O8P. The van der Waals surface area contributed by atoms with Crippen molar-refractivity contribution >= 4 is 32.2 Å². The summed E-state index contributed by atoms with van der Waals surface area (Å²) in [5, 5.41) is 0. The van der Waals surface area contributed by atoms with Crippen LogP contribution in [0.15, 0.2) is 97.1 Å². The minimum absolute atomic E-state index is 0. The molecule has 4 rings (SSSR count). The zero-order chi connectivity index (χ0) is 48.5. The van der Waals surface area contributed by atoms with E-state index in [4.69, 9.17) is 16.0 Å². The maximum absolute atomic E-state index is 12.3. The molecule has 25 heteroatoms. The summed E-state index contributed by atoms with van der Waals surface area (Å²) in [6, 6.07) is 23.0. The van der Waals surface area contributed by atoms with Gasteiger partial charge in [-0.15, -0.1) is 5.46 Å². The Hall–Kier alpha value is -3.45. The van der Waals surface area contributed by atoms with E-state index < -0.39 is 82.6 Å². The summed E-state index contributed by atoms with van der Waals surface area (Å²) in [7, 11) is -4.55. The van der Waals surface area contributed by atoms with Gasteiger partial charge in [-0.05, 0) is 68.0 Å². The Labute approximate surface area is 408 Å². The first-order chi connectivity index (χ1) is 29.5. The van der Waals surface area contributed by atoms with Gasteiger partial charge in [-0.3, -0.25) is 18.6 Å². The monoisotopic (exact) mass is 988 g/mol. The van der Waals surface area contributed by atoms with Gasteiger partial charge in [-0.25, -0.2) is 4.57 Å². The third-order valence-corrected chi connectivity index (χ3v) is 9.34. The van der Waals surface area contributed by atoms with Crippen LogP contribution < -0.4 is 72.8 Å². The summed E-state index contributed by atoms with van der Waals surface area (Å²) < 4.78 is 179. The van der Waals surface area contributed by atoms with E-state index in [1.165, 1.54) is 48.9 Å². The minimum Gasteiger partial charge on any atom is -0.455 e. The number of rotatable bonds is 16. The van der Waals surface area contributed by atoms with E-state index in [2.05, 4.69) is 18.5 Å². The number of carbonyl (C=O) groups excluding carboxylic acids is 2. The smallest absolute Gasteiger partial charge is 0.455 e. The molecule has 0 saturated heterocycles. The SMILES string of the molecule is CCOP(=O)(OCC(F)(F)F)Oc1ccc(CC(N)C(=O)OCC(F)(F)F)cc1.Cc1ccc(-c2ccc(CC(N)C(=O)OCC(F)(F)F)cc2)cc1.Cc1ccc([B-](F)(F)F)cc1.[K+]. The van der Waals surface area contributed by atoms with Gasteiger partial charge in [0.15, 0.2) is 19.8 Å². The summed E-state index contributed by atoms with van der Waals surface area (Å²) in [5.41, 5.74) is 15.7. The van der Waals surface area contributed by atoms with Gasteiger partial charge in [-0.2, -0.15) is 39.5 Å². The van der Waals surface area contributed by atoms with Crippen LogP contribution in [0.4, 0.5) is 52.5 Å². The normalized spacial score (nSPS) is 13.6. The zero-order valence-electron chi connectivity index (χ0n) is 35.1. The second-order valence-electron chi connectivity index (χ2n) is 13.6. The number of hydrogen-bond acceptors (Lipinski definition) is 10. The molecule has 3 unspecified atom stereocenters. The second kappa shape index (κ2) is 26.8. The maximum atomic E-state index is 12.3. The molecular weight excluding hydrogens is 945 g/mol. The molecule has 354 valence electrons. The van der Waals surface area contributed by atoms with Gasteiger partial charge in [0.05, 0.1) is 6.61 Å². The molecule has 0 saturated carbocycles. The molecule has 0 heterocycles. The molecule has 10 nitrogen and oxygen atoms in total. The summed E-state index contributed by atoms with van der Waals surface area (Å²) in [6.45, 7) is -5.17. The van der Waals surface area contributed by atoms with Crippen LogP contribution in [-0.2, 0) is 45.5 Å². The van der Waals surface area contributed by atoms with E-state index in [0.717, 1.165) is 34.4 Å². The van der Waals surface area contributed by atoms with Gasteiger partial charge in [0.1, 0.15) is 17.8 Å². The van der Waals surface area contributed by atoms with E-state index in [9.17, 15) is 66.6 Å². The average Bonchev–Trinajstić information content (AvgIpc) is 3.19. The van der Waals surface area contributed by atoms with Gasteiger partial charge in [-0.1, -0.05) is 96.1 Å². The van der Waals surface area contributed by atoms with Crippen LogP contribution >= 0.6 is 7.82 Å². The van der Waals surface area contributed by atoms with Crippen LogP contribution in [0.1, 0.15) is 29.2 Å². The number of phosphoric ester groups is 1. The summed E-state index contributed by atoms with van der Waals surface area (Å²) in [5.74, 6) is -2.49. The number of alkyl halides is 9. The Bertz CT molecular complexity index is 2090. The molecule has 4 aromatic carbocycles. The zero-order valence-corrected chi connectivity index (χ0v) is 39.1. The molecule has 0 spiro atoms. The van der Waals surface area contributed by atoms with E-state index in [0.29, 0.717) is 5.56 Å². The topological polar surface area (TPSA) is 149 Å². The maximum Gasteiger partial charge on any atom is 1.00 e. The minimum atomic E-state index is -4.82. The molecule has 0 fully saturated rings. The molecule has 3 atom stereocenters. The molecule has 0 amide bonds. The summed E-state index contributed by atoms with van der Waals surface area (Å²) in [6.07, 6.45) is -14.1. The van der Waals surface area contributed by atoms with Crippen molar-refractivity contribution in [3.63, 3.8) is 0 Å². The number of aryl methyl sites for hydroxylation is 2. The van der Waals surface area contributed by atoms with Crippen molar-refractivity contribution in [2.45, 2.75) is 64.2 Å². The molecule has 4 N–H and O–H groups in total. The van der Waals surface area contributed by atoms with Crippen molar-refractivity contribution in [3.05, 3.63) is 119 Å². The summed E-state index contributed by atoms with van der Waals surface area (Å²) >= 11 is 0. The van der Waals surface area contributed by atoms with Crippen molar-refractivity contribution in [2.24, 2.45) is 11.5 Å². The van der Waals surface area contributed by atoms with Gasteiger partial charge in [0, 0.05) is 0 Å². The number of benzene rings is 4. The number of esters is 2. The Kier molecular flexibility index (Phi) is 24.5. The third kappa shape index (κ3) is 25.3. The molecule has 65 heavy (non-hydrogen) atoms. The average molecular weight is 989 g/mol. The van der Waals surface area contributed by atoms with Crippen LogP contribution in [-0.4, -0.2) is 76.0 Å². The van der Waals surface area contributed by atoms with Crippen molar-refractivity contribution in [3.8, 4) is 16.9 Å². The number of halogens is 12. The molecule has 0 aliphatic carbocycles. The largest absolute Gasteiger partial charge is 1.00 e. The van der Waals surface area contributed by atoms with Crippen LogP contribution in [0, 0.1) is 13.8 Å². The quantitative estimate of drug-likeness (QED) is 0.0555. The van der Waals surface area contributed by atoms with Crippen LogP contribution in [0.3, 0.4) is 0 Å². The van der Waals surface area contributed by atoms with Crippen molar-refractivity contribution < 1.29 is 141 Å². The second-order valence-corrected chi connectivity index (χ2v) is 15.2. The Morgan fingerprint density at radius 2 is 0.938 bits per heavy atom. The molecule has 0 aliphatic heterocycles. The van der Waals surface area contributed by atoms with Gasteiger partial charge in [0.2, 0.25) is 0 Å². The first-order valence-corrected chi connectivity index (χ1v) is 20.1. The van der Waals surface area contributed by atoms with Crippen LogP contribution in [0.2, 0.25) is 0 Å². The Balaban J connectivity index is 0.000000526. The van der Waals surface area contributed by atoms with E-state index in [1.807, 2.05) is 43.3 Å². The molecule has 4 aromatic rings. The first kappa shape index (κ1) is 59.6. The Morgan fingerprint density at radius 3 is 1.29 bits per heavy atom. The van der Waals surface area contributed by atoms with Gasteiger partial charge < -0.3 is 38.4 Å². The number of ether oxygens (including phenoxy) is 2. The first-order valence-electron chi connectivity index (χ1n) is 18.6. The molecule has 0 bridgehead atoms. The van der Waals surface area contributed by atoms with Gasteiger partial charge >= 0.3 is 96.7 Å². The van der Waals surface area contributed by atoms with Crippen LogP contribution in [0.5, 0.6) is 5.75 Å². The molecule has 0 radical (unpaired) electrons. The van der Waals surface area contributed by atoms with Crippen molar-refractivity contribution in [2.75, 3.05) is 26.4 Å². The predicted molar refractivity (Wildman–Crippen MR) is 212 cm³/mol.